The van der Waals surface area contributed by atoms with Crippen LogP contribution in [-0.4, -0.2) is 38.5 Å². The van der Waals surface area contributed by atoms with Crippen LogP contribution in [0, 0.1) is 11.3 Å². The van der Waals surface area contributed by atoms with Gasteiger partial charge in [0.1, 0.15) is 0 Å². The first-order chi connectivity index (χ1) is 8.84. The molecule has 1 saturated carbocycles. The summed E-state index contributed by atoms with van der Waals surface area (Å²) in [5.74, 6) is 0.758. The number of ether oxygens (including phenoxy) is 2. The summed E-state index contributed by atoms with van der Waals surface area (Å²) in [5.41, 5.74) is 0.384. The lowest BCUT2D eigenvalue weighted by molar-refractivity contribution is -0.0545. The molecule has 0 aliphatic heterocycles. The van der Waals surface area contributed by atoms with Gasteiger partial charge in [0.15, 0.2) is 0 Å². The molecule has 0 saturated heterocycles. The second kappa shape index (κ2) is 7.61. The van der Waals surface area contributed by atoms with Crippen molar-refractivity contribution in [2.24, 2.45) is 11.3 Å². The van der Waals surface area contributed by atoms with Crippen molar-refractivity contribution in [3.63, 3.8) is 0 Å². The van der Waals surface area contributed by atoms with Gasteiger partial charge in [-0.1, -0.05) is 20.8 Å². The van der Waals surface area contributed by atoms with Crippen LogP contribution < -0.4 is 5.32 Å². The standard InChI is InChI=1S/C16H33NO2/c1-12(2)18-9-10-19-15-11-13(16(3,4)5)7-8-14(15)17-6/h12-15,17H,7-11H2,1-6H3. The lowest BCUT2D eigenvalue weighted by atomic mass is 9.70. The number of hydrogen-bond acceptors (Lipinski definition) is 3. The first-order valence-corrected chi connectivity index (χ1v) is 7.75. The summed E-state index contributed by atoms with van der Waals surface area (Å²) in [4.78, 5) is 0. The Bertz CT molecular complexity index is 248. The highest BCUT2D eigenvalue weighted by molar-refractivity contribution is 4.89. The summed E-state index contributed by atoms with van der Waals surface area (Å²) in [6, 6.07) is 0.498. The molecular weight excluding hydrogens is 238 g/mol. The molecule has 3 nitrogen and oxygen atoms in total. The zero-order chi connectivity index (χ0) is 14.5. The zero-order valence-corrected chi connectivity index (χ0v) is 13.7. The van der Waals surface area contributed by atoms with E-state index in [4.69, 9.17) is 9.47 Å². The lowest BCUT2D eigenvalue weighted by Gasteiger charge is -2.41. The van der Waals surface area contributed by atoms with Crippen LogP contribution in [0.25, 0.3) is 0 Å². The number of nitrogens with one attached hydrogen (secondary N) is 1. The van der Waals surface area contributed by atoms with Crippen molar-refractivity contribution in [2.75, 3.05) is 20.3 Å². The molecule has 1 aliphatic rings. The molecule has 1 N–H and O–H groups in total. The molecule has 0 radical (unpaired) electrons. The fraction of sp³-hybridized carbons (Fsp3) is 1.00. The van der Waals surface area contributed by atoms with Crippen molar-refractivity contribution in [3.05, 3.63) is 0 Å². The predicted molar refractivity (Wildman–Crippen MR) is 80.5 cm³/mol. The first kappa shape index (κ1) is 16.9. The fourth-order valence-electron chi connectivity index (χ4n) is 2.91. The molecule has 1 rings (SSSR count). The molecular formula is C16H33NO2. The van der Waals surface area contributed by atoms with Crippen LogP contribution in [0.15, 0.2) is 0 Å². The highest BCUT2D eigenvalue weighted by Gasteiger charge is 2.35. The average molecular weight is 271 g/mol. The Morgan fingerprint density at radius 3 is 2.37 bits per heavy atom. The Morgan fingerprint density at radius 1 is 1.16 bits per heavy atom. The molecule has 3 heteroatoms. The number of rotatable bonds is 6. The van der Waals surface area contributed by atoms with E-state index in [1.54, 1.807) is 0 Å². The van der Waals surface area contributed by atoms with E-state index < -0.39 is 0 Å². The van der Waals surface area contributed by atoms with Crippen LogP contribution in [0.3, 0.4) is 0 Å². The maximum atomic E-state index is 6.07. The second-order valence-electron chi connectivity index (χ2n) is 7.10. The van der Waals surface area contributed by atoms with Gasteiger partial charge in [-0.05, 0) is 51.5 Å². The van der Waals surface area contributed by atoms with E-state index in [1.165, 1.54) is 12.8 Å². The number of likely N-dealkylation sites (N-methyl/N-ethyl adjacent to an activating group) is 1. The normalized spacial score (nSPS) is 28.9. The van der Waals surface area contributed by atoms with Crippen LogP contribution in [0.4, 0.5) is 0 Å². The van der Waals surface area contributed by atoms with Gasteiger partial charge < -0.3 is 14.8 Å². The summed E-state index contributed by atoms with van der Waals surface area (Å²) < 4.78 is 11.6. The van der Waals surface area contributed by atoms with E-state index in [1.807, 2.05) is 7.05 Å². The minimum Gasteiger partial charge on any atom is -0.376 e. The van der Waals surface area contributed by atoms with Gasteiger partial charge in [-0.3, -0.25) is 0 Å². The Morgan fingerprint density at radius 2 is 1.84 bits per heavy atom. The summed E-state index contributed by atoms with van der Waals surface area (Å²) >= 11 is 0. The molecule has 114 valence electrons. The van der Waals surface area contributed by atoms with Crippen molar-refractivity contribution in [3.8, 4) is 0 Å². The summed E-state index contributed by atoms with van der Waals surface area (Å²) in [7, 11) is 2.04. The average Bonchev–Trinajstić information content (AvgIpc) is 2.33. The van der Waals surface area contributed by atoms with Crippen molar-refractivity contribution in [2.45, 2.75) is 72.1 Å². The Hall–Kier alpha value is -0.120. The van der Waals surface area contributed by atoms with Crippen LogP contribution in [0.2, 0.25) is 0 Å². The molecule has 0 aromatic carbocycles. The van der Waals surface area contributed by atoms with E-state index in [9.17, 15) is 0 Å². The second-order valence-corrected chi connectivity index (χ2v) is 7.10. The van der Waals surface area contributed by atoms with Crippen LogP contribution in [-0.2, 0) is 9.47 Å². The van der Waals surface area contributed by atoms with Gasteiger partial charge in [0.2, 0.25) is 0 Å². The molecule has 1 fully saturated rings. The van der Waals surface area contributed by atoms with Crippen molar-refractivity contribution in [1.82, 2.24) is 5.32 Å². The van der Waals surface area contributed by atoms with Gasteiger partial charge in [-0.25, -0.2) is 0 Å². The van der Waals surface area contributed by atoms with Crippen LogP contribution in [0.5, 0.6) is 0 Å². The number of hydrogen-bond donors (Lipinski definition) is 1. The SMILES string of the molecule is CNC1CCC(C(C)(C)C)CC1OCCOC(C)C. The minimum absolute atomic E-state index is 0.289. The van der Waals surface area contributed by atoms with E-state index in [0.717, 1.165) is 12.3 Å². The monoisotopic (exact) mass is 271 g/mol. The molecule has 1 aliphatic carbocycles. The molecule has 0 bridgehead atoms. The molecule has 0 heterocycles. The fourth-order valence-corrected chi connectivity index (χ4v) is 2.91. The third-order valence-corrected chi connectivity index (χ3v) is 4.25. The molecule has 0 aromatic heterocycles. The van der Waals surface area contributed by atoms with Gasteiger partial charge in [-0.2, -0.15) is 0 Å². The highest BCUT2D eigenvalue weighted by Crippen LogP contribution is 2.38. The molecule has 0 aromatic rings. The summed E-state index contributed by atoms with van der Waals surface area (Å²) in [6.45, 7) is 12.6. The zero-order valence-electron chi connectivity index (χ0n) is 13.7. The molecule has 3 unspecified atom stereocenters. The maximum absolute atomic E-state index is 6.07. The van der Waals surface area contributed by atoms with E-state index in [0.29, 0.717) is 30.8 Å². The van der Waals surface area contributed by atoms with Crippen LogP contribution in [0.1, 0.15) is 53.9 Å². The van der Waals surface area contributed by atoms with Gasteiger partial charge >= 0.3 is 0 Å². The molecule has 19 heavy (non-hydrogen) atoms. The minimum atomic E-state index is 0.289. The smallest absolute Gasteiger partial charge is 0.0731 e. The summed E-state index contributed by atoms with van der Waals surface area (Å²) in [6.07, 6.45) is 4.30. The van der Waals surface area contributed by atoms with Gasteiger partial charge in [0.05, 0.1) is 25.4 Å². The lowest BCUT2D eigenvalue weighted by Crippen LogP contribution is -2.46. The Balaban J connectivity index is 2.42. The van der Waals surface area contributed by atoms with Crippen molar-refractivity contribution < 1.29 is 9.47 Å². The molecule has 0 amide bonds. The van der Waals surface area contributed by atoms with Gasteiger partial charge in [-0.15, -0.1) is 0 Å². The Labute approximate surface area is 119 Å². The van der Waals surface area contributed by atoms with Gasteiger partial charge in [0, 0.05) is 6.04 Å². The third-order valence-electron chi connectivity index (χ3n) is 4.25. The van der Waals surface area contributed by atoms with Crippen molar-refractivity contribution >= 4 is 0 Å². The van der Waals surface area contributed by atoms with E-state index in [2.05, 4.69) is 39.9 Å². The maximum Gasteiger partial charge on any atom is 0.0731 e. The third kappa shape index (κ3) is 5.80. The van der Waals surface area contributed by atoms with E-state index in [-0.39, 0.29) is 6.10 Å². The predicted octanol–water partition coefficient (Wildman–Crippen LogP) is 3.23. The van der Waals surface area contributed by atoms with Gasteiger partial charge in [0.25, 0.3) is 0 Å². The molecule has 3 atom stereocenters. The molecule has 0 spiro atoms. The van der Waals surface area contributed by atoms with E-state index >= 15 is 0 Å². The largest absolute Gasteiger partial charge is 0.376 e. The first-order valence-electron chi connectivity index (χ1n) is 7.75. The summed E-state index contributed by atoms with van der Waals surface area (Å²) in [5, 5.41) is 3.41. The quantitative estimate of drug-likeness (QED) is 0.752. The van der Waals surface area contributed by atoms with Crippen molar-refractivity contribution in [1.29, 1.82) is 0 Å². The topological polar surface area (TPSA) is 30.5 Å². The highest BCUT2D eigenvalue weighted by atomic mass is 16.5. The Kier molecular flexibility index (Phi) is 6.78. The van der Waals surface area contributed by atoms with Crippen LogP contribution >= 0.6 is 0 Å².